The van der Waals surface area contributed by atoms with Crippen molar-refractivity contribution in [3.05, 3.63) is 18.1 Å². The fourth-order valence-electron chi connectivity index (χ4n) is 2.67. The molecule has 2 bridgehead atoms. The standard InChI is InChI=1S/C11H16N4/c1-7-4-14-11(6-12-7)15-10-3-8-2-9(10)13-5-8/h4,6,8-10,13H,2-3,5H2,1H3,(H,14,15)/t8-,9+,10-/m1/s1. The topological polar surface area (TPSA) is 49.8 Å². The normalized spacial score (nSPS) is 33.3. The smallest absolute Gasteiger partial charge is 0.144 e. The summed E-state index contributed by atoms with van der Waals surface area (Å²) in [6.45, 7) is 3.15. The van der Waals surface area contributed by atoms with Crippen LogP contribution in [0, 0.1) is 12.8 Å². The lowest BCUT2D eigenvalue weighted by Crippen LogP contribution is -2.41. The third-order valence-corrected chi connectivity index (χ3v) is 3.44. The predicted octanol–water partition coefficient (Wildman–Crippen LogP) is 0.947. The Morgan fingerprint density at radius 2 is 2.27 bits per heavy atom. The molecular weight excluding hydrogens is 188 g/mol. The molecule has 2 heterocycles. The highest BCUT2D eigenvalue weighted by Crippen LogP contribution is 2.32. The van der Waals surface area contributed by atoms with E-state index in [-0.39, 0.29) is 0 Å². The maximum atomic E-state index is 4.32. The number of nitrogens with one attached hydrogen (secondary N) is 2. The van der Waals surface area contributed by atoms with Gasteiger partial charge in [0.25, 0.3) is 0 Å². The number of aryl methyl sites for hydroxylation is 1. The van der Waals surface area contributed by atoms with E-state index in [0.29, 0.717) is 12.1 Å². The SMILES string of the molecule is Cc1cnc(N[C@@H]2C[C@@H]3CN[C@H]2C3)cn1. The molecule has 15 heavy (non-hydrogen) atoms. The Kier molecular flexibility index (Phi) is 2.09. The van der Waals surface area contributed by atoms with E-state index in [1.165, 1.54) is 19.4 Å². The molecule has 1 aliphatic heterocycles. The van der Waals surface area contributed by atoms with E-state index in [1.54, 1.807) is 0 Å². The van der Waals surface area contributed by atoms with Gasteiger partial charge in [-0.25, -0.2) is 4.98 Å². The van der Waals surface area contributed by atoms with Gasteiger partial charge in [0.15, 0.2) is 0 Å². The molecule has 2 aliphatic rings. The molecule has 1 aliphatic carbocycles. The Balaban J connectivity index is 1.68. The number of fused-ring (bicyclic) bond motifs is 2. The Morgan fingerprint density at radius 3 is 2.87 bits per heavy atom. The molecule has 1 aromatic heterocycles. The molecule has 0 radical (unpaired) electrons. The maximum Gasteiger partial charge on any atom is 0.144 e. The van der Waals surface area contributed by atoms with Crippen LogP contribution in [0.3, 0.4) is 0 Å². The lowest BCUT2D eigenvalue weighted by atomic mass is 10.1. The van der Waals surface area contributed by atoms with Crippen LogP contribution in [0.2, 0.25) is 0 Å². The fourth-order valence-corrected chi connectivity index (χ4v) is 2.67. The summed E-state index contributed by atoms with van der Waals surface area (Å²) in [5, 5.41) is 6.99. The average molecular weight is 204 g/mol. The number of nitrogens with zero attached hydrogens (tertiary/aromatic N) is 2. The van der Waals surface area contributed by atoms with Crippen LogP contribution in [0.4, 0.5) is 5.82 Å². The summed E-state index contributed by atoms with van der Waals surface area (Å²) in [5.74, 6) is 1.77. The highest BCUT2D eigenvalue weighted by atomic mass is 15.1. The van der Waals surface area contributed by atoms with Crippen molar-refractivity contribution in [3.8, 4) is 0 Å². The number of rotatable bonds is 2. The zero-order valence-corrected chi connectivity index (χ0v) is 8.90. The van der Waals surface area contributed by atoms with Crippen LogP contribution in [-0.4, -0.2) is 28.6 Å². The van der Waals surface area contributed by atoms with E-state index in [2.05, 4.69) is 20.6 Å². The first-order valence-electron chi connectivity index (χ1n) is 5.60. The lowest BCUT2D eigenvalue weighted by Gasteiger charge is -2.24. The van der Waals surface area contributed by atoms with Gasteiger partial charge in [-0.2, -0.15) is 0 Å². The van der Waals surface area contributed by atoms with Gasteiger partial charge in [0.1, 0.15) is 5.82 Å². The molecule has 0 aromatic carbocycles. The maximum absolute atomic E-state index is 4.32. The van der Waals surface area contributed by atoms with E-state index in [0.717, 1.165) is 17.4 Å². The number of hydrogen-bond acceptors (Lipinski definition) is 4. The molecule has 2 fully saturated rings. The third kappa shape index (κ3) is 1.69. The first kappa shape index (κ1) is 9.09. The fraction of sp³-hybridized carbons (Fsp3) is 0.636. The Labute approximate surface area is 89.5 Å². The largest absolute Gasteiger partial charge is 0.364 e. The van der Waals surface area contributed by atoms with Crippen LogP contribution in [0.25, 0.3) is 0 Å². The monoisotopic (exact) mass is 204 g/mol. The molecule has 3 atom stereocenters. The van der Waals surface area contributed by atoms with E-state index < -0.39 is 0 Å². The van der Waals surface area contributed by atoms with Gasteiger partial charge >= 0.3 is 0 Å². The van der Waals surface area contributed by atoms with Crippen LogP contribution in [0.1, 0.15) is 18.5 Å². The van der Waals surface area contributed by atoms with Crippen molar-refractivity contribution < 1.29 is 0 Å². The summed E-state index contributed by atoms with van der Waals surface area (Å²) in [7, 11) is 0. The van der Waals surface area contributed by atoms with Gasteiger partial charge in [0.2, 0.25) is 0 Å². The molecule has 1 aromatic rings. The van der Waals surface area contributed by atoms with E-state index in [9.17, 15) is 0 Å². The zero-order chi connectivity index (χ0) is 10.3. The molecule has 0 unspecified atom stereocenters. The van der Waals surface area contributed by atoms with Crippen molar-refractivity contribution in [1.29, 1.82) is 0 Å². The molecule has 3 rings (SSSR count). The zero-order valence-electron chi connectivity index (χ0n) is 8.90. The Hall–Kier alpha value is -1.16. The van der Waals surface area contributed by atoms with Gasteiger partial charge in [-0.05, 0) is 32.2 Å². The average Bonchev–Trinajstić information content (AvgIpc) is 2.83. The van der Waals surface area contributed by atoms with Crippen LogP contribution < -0.4 is 10.6 Å². The highest BCUT2D eigenvalue weighted by Gasteiger charge is 2.39. The molecule has 0 amide bonds. The van der Waals surface area contributed by atoms with Crippen molar-refractivity contribution in [2.24, 2.45) is 5.92 Å². The predicted molar refractivity (Wildman–Crippen MR) is 58.7 cm³/mol. The highest BCUT2D eigenvalue weighted by molar-refractivity contribution is 5.34. The second kappa shape index (κ2) is 3.45. The molecule has 1 saturated carbocycles. The summed E-state index contributed by atoms with van der Waals surface area (Å²) in [6, 6.07) is 1.18. The summed E-state index contributed by atoms with van der Waals surface area (Å²) in [6.07, 6.45) is 6.22. The van der Waals surface area contributed by atoms with Crippen LogP contribution in [0.15, 0.2) is 12.4 Å². The molecule has 4 heteroatoms. The van der Waals surface area contributed by atoms with Gasteiger partial charge in [-0.3, -0.25) is 4.98 Å². The van der Waals surface area contributed by atoms with E-state index in [4.69, 9.17) is 0 Å². The van der Waals surface area contributed by atoms with Crippen LogP contribution in [0.5, 0.6) is 0 Å². The Morgan fingerprint density at radius 1 is 1.33 bits per heavy atom. The number of hydrogen-bond donors (Lipinski definition) is 2. The molecule has 4 nitrogen and oxygen atoms in total. The molecule has 2 N–H and O–H groups in total. The van der Waals surface area contributed by atoms with Crippen LogP contribution in [-0.2, 0) is 0 Å². The van der Waals surface area contributed by atoms with Gasteiger partial charge < -0.3 is 10.6 Å². The summed E-state index contributed by atoms with van der Waals surface area (Å²) >= 11 is 0. The quantitative estimate of drug-likeness (QED) is 0.753. The number of aromatic nitrogens is 2. The van der Waals surface area contributed by atoms with Crippen LogP contribution >= 0.6 is 0 Å². The number of piperidine rings is 1. The van der Waals surface area contributed by atoms with Gasteiger partial charge in [0.05, 0.1) is 18.1 Å². The van der Waals surface area contributed by atoms with Crippen molar-refractivity contribution in [2.45, 2.75) is 31.8 Å². The Bertz CT molecular complexity index is 348. The molecule has 0 spiro atoms. The molecular formula is C11H16N4. The van der Waals surface area contributed by atoms with Gasteiger partial charge in [-0.15, -0.1) is 0 Å². The van der Waals surface area contributed by atoms with E-state index >= 15 is 0 Å². The third-order valence-electron chi connectivity index (χ3n) is 3.44. The minimum Gasteiger partial charge on any atom is -0.364 e. The lowest BCUT2D eigenvalue weighted by molar-refractivity contribution is 0.465. The summed E-state index contributed by atoms with van der Waals surface area (Å²) in [4.78, 5) is 8.56. The van der Waals surface area contributed by atoms with Crippen molar-refractivity contribution >= 4 is 5.82 Å². The van der Waals surface area contributed by atoms with Crippen molar-refractivity contribution in [1.82, 2.24) is 15.3 Å². The molecule has 1 saturated heterocycles. The second-order valence-corrected chi connectivity index (χ2v) is 4.65. The second-order valence-electron chi connectivity index (χ2n) is 4.65. The van der Waals surface area contributed by atoms with E-state index in [1.807, 2.05) is 19.3 Å². The number of anilines is 1. The minimum atomic E-state index is 0.542. The molecule has 80 valence electrons. The van der Waals surface area contributed by atoms with Crippen molar-refractivity contribution in [3.63, 3.8) is 0 Å². The minimum absolute atomic E-state index is 0.542. The first-order valence-corrected chi connectivity index (χ1v) is 5.60. The van der Waals surface area contributed by atoms with Gasteiger partial charge in [-0.1, -0.05) is 0 Å². The van der Waals surface area contributed by atoms with Gasteiger partial charge in [0, 0.05) is 12.1 Å². The first-order chi connectivity index (χ1) is 7.31. The van der Waals surface area contributed by atoms with Crippen molar-refractivity contribution in [2.75, 3.05) is 11.9 Å². The summed E-state index contributed by atoms with van der Waals surface area (Å²) in [5.41, 5.74) is 0.964. The summed E-state index contributed by atoms with van der Waals surface area (Å²) < 4.78 is 0.